The average molecular weight is 279 g/mol. The Hall–Kier alpha value is -1.40. The minimum Gasteiger partial charge on any atom is -0.358 e. The molecule has 0 bridgehead atoms. The van der Waals surface area contributed by atoms with Crippen LogP contribution in [0.15, 0.2) is 12.4 Å². The molecule has 1 aromatic heterocycles. The molecule has 0 radical (unpaired) electrons. The van der Waals surface area contributed by atoms with Gasteiger partial charge in [-0.15, -0.1) is 0 Å². The van der Waals surface area contributed by atoms with E-state index in [-0.39, 0.29) is 11.9 Å². The quantitative estimate of drug-likeness (QED) is 0.847. The molecule has 1 fully saturated rings. The monoisotopic (exact) mass is 279 g/mol. The molecule has 2 rings (SSSR count). The van der Waals surface area contributed by atoms with E-state index in [0.29, 0.717) is 6.04 Å². The van der Waals surface area contributed by atoms with Crippen molar-refractivity contribution in [3.8, 4) is 0 Å². The summed E-state index contributed by atoms with van der Waals surface area (Å²) in [6.07, 6.45) is 3.77. The fourth-order valence-electron chi connectivity index (χ4n) is 2.76. The molecule has 1 aliphatic heterocycles. The zero-order valence-corrected chi connectivity index (χ0v) is 12.8. The van der Waals surface area contributed by atoms with Crippen LogP contribution < -0.4 is 5.32 Å². The van der Waals surface area contributed by atoms with Gasteiger partial charge in [-0.05, 0) is 13.8 Å². The third-order valence-corrected chi connectivity index (χ3v) is 4.00. The maximum absolute atomic E-state index is 12.1. The molecule has 1 aromatic rings. The molecule has 1 aliphatic rings. The summed E-state index contributed by atoms with van der Waals surface area (Å²) in [6, 6.07) is 0.307. The minimum absolute atomic E-state index is 0.0750. The van der Waals surface area contributed by atoms with Gasteiger partial charge in [0, 0.05) is 52.2 Å². The molecule has 0 aromatic carbocycles. The standard InChI is InChI=1S/C14H25N5O/c1-11(2)19-8-7-18(9-12(19)14(20)15-3)10-13-16-5-6-17(13)4/h5-6,11-12H,7-10H2,1-4H3,(H,15,20)/t12-/m0/s1. The van der Waals surface area contributed by atoms with Crippen molar-refractivity contribution in [2.24, 2.45) is 7.05 Å². The van der Waals surface area contributed by atoms with Crippen LogP contribution in [0.2, 0.25) is 0 Å². The summed E-state index contributed by atoms with van der Waals surface area (Å²) in [5.41, 5.74) is 0. The van der Waals surface area contributed by atoms with Crippen molar-refractivity contribution in [1.82, 2.24) is 24.7 Å². The van der Waals surface area contributed by atoms with Crippen LogP contribution in [0.25, 0.3) is 0 Å². The Labute approximate surface area is 120 Å². The number of hydrogen-bond donors (Lipinski definition) is 1. The number of nitrogens with zero attached hydrogens (tertiary/aromatic N) is 4. The maximum Gasteiger partial charge on any atom is 0.238 e. The second kappa shape index (κ2) is 6.37. The van der Waals surface area contributed by atoms with E-state index in [1.165, 1.54) is 0 Å². The van der Waals surface area contributed by atoms with Crippen molar-refractivity contribution in [2.45, 2.75) is 32.5 Å². The van der Waals surface area contributed by atoms with E-state index in [4.69, 9.17) is 0 Å². The number of aromatic nitrogens is 2. The molecule has 0 aliphatic carbocycles. The van der Waals surface area contributed by atoms with Gasteiger partial charge in [-0.3, -0.25) is 14.6 Å². The lowest BCUT2D eigenvalue weighted by molar-refractivity contribution is -0.129. The molecule has 6 nitrogen and oxygen atoms in total. The van der Waals surface area contributed by atoms with E-state index in [1.807, 2.05) is 24.0 Å². The summed E-state index contributed by atoms with van der Waals surface area (Å²) in [4.78, 5) is 21.0. The van der Waals surface area contributed by atoms with Crippen molar-refractivity contribution in [3.05, 3.63) is 18.2 Å². The van der Waals surface area contributed by atoms with Crippen molar-refractivity contribution in [1.29, 1.82) is 0 Å². The van der Waals surface area contributed by atoms with Crippen LogP contribution in [0.1, 0.15) is 19.7 Å². The van der Waals surface area contributed by atoms with E-state index in [0.717, 1.165) is 32.0 Å². The van der Waals surface area contributed by atoms with Crippen LogP contribution >= 0.6 is 0 Å². The number of carbonyl (C=O) groups excluding carboxylic acids is 1. The molecular weight excluding hydrogens is 254 g/mol. The zero-order chi connectivity index (χ0) is 14.7. The Bertz CT molecular complexity index is 456. The zero-order valence-electron chi connectivity index (χ0n) is 12.8. The predicted molar refractivity (Wildman–Crippen MR) is 78.2 cm³/mol. The molecular formula is C14H25N5O. The van der Waals surface area contributed by atoms with Crippen LogP contribution in [-0.2, 0) is 18.4 Å². The first-order valence-electron chi connectivity index (χ1n) is 7.18. The van der Waals surface area contributed by atoms with Gasteiger partial charge in [0.05, 0.1) is 6.54 Å². The van der Waals surface area contributed by atoms with Crippen LogP contribution in [0.4, 0.5) is 0 Å². The summed E-state index contributed by atoms with van der Waals surface area (Å²) in [5.74, 6) is 1.14. The van der Waals surface area contributed by atoms with Gasteiger partial charge in [0.25, 0.3) is 0 Å². The molecule has 0 saturated carbocycles. The second-order valence-corrected chi connectivity index (χ2v) is 5.65. The van der Waals surface area contributed by atoms with Gasteiger partial charge in [-0.1, -0.05) is 0 Å². The smallest absolute Gasteiger partial charge is 0.238 e. The highest BCUT2D eigenvalue weighted by molar-refractivity contribution is 5.81. The SMILES string of the molecule is CNC(=O)[C@@H]1CN(Cc2nccn2C)CCN1C(C)C. The third-order valence-electron chi connectivity index (χ3n) is 4.00. The van der Waals surface area contributed by atoms with Crippen molar-refractivity contribution >= 4 is 5.91 Å². The van der Waals surface area contributed by atoms with Gasteiger partial charge >= 0.3 is 0 Å². The fourth-order valence-corrected chi connectivity index (χ4v) is 2.76. The first-order chi connectivity index (χ1) is 9.52. The highest BCUT2D eigenvalue weighted by atomic mass is 16.2. The fraction of sp³-hybridized carbons (Fsp3) is 0.714. The van der Waals surface area contributed by atoms with E-state index in [9.17, 15) is 4.79 Å². The van der Waals surface area contributed by atoms with E-state index >= 15 is 0 Å². The maximum atomic E-state index is 12.1. The summed E-state index contributed by atoms with van der Waals surface area (Å²) in [6.45, 7) is 7.72. The Balaban J connectivity index is 2.05. The Morgan fingerprint density at radius 1 is 1.50 bits per heavy atom. The molecule has 1 amide bonds. The van der Waals surface area contributed by atoms with Crippen LogP contribution in [0.5, 0.6) is 0 Å². The van der Waals surface area contributed by atoms with Gasteiger partial charge in [0.2, 0.25) is 5.91 Å². The summed E-state index contributed by atoms with van der Waals surface area (Å²) >= 11 is 0. The molecule has 1 N–H and O–H groups in total. The van der Waals surface area contributed by atoms with Crippen LogP contribution in [0.3, 0.4) is 0 Å². The van der Waals surface area contributed by atoms with E-state index < -0.39 is 0 Å². The molecule has 1 saturated heterocycles. The number of rotatable bonds is 4. The van der Waals surface area contributed by atoms with Gasteiger partial charge in [-0.2, -0.15) is 0 Å². The molecule has 2 heterocycles. The van der Waals surface area contributed by atoms with Crippen molar-refractivity contribution < 1.29 is 4.79 Å². The lowest BCUT2D eigenvalue weighted by atomic mass is 10.1. The molecule has 0 spiro atoms. The van der Waals surface area contributed by atoms with Gasteiger partial charge in [0.15, 0.2) is 0 Å². The number of piperazine rings is 1. The Morgan fingerprint density at radius 3 is 2.80 bits per heavy atom. The summed E-state index contributed by atoms with van der Waals surface area (Å²) in [7, 11) is 3.71. The predicted octanol–water partition coefficient (Wildman–Crippen LogP) is 0.0607. The summed E-state index contributed by atoms with van der Waals surface area (Å²) < 4.78 is 2.03. The molecule has 112 valence electrons. The highest BCUT2D eigenvalue weighted by Crippen LogP contribution is 2.15. The number of likely N-dealkylation sites (N-methyl/N-ethyl adjacent to an activating group) is 1. The topological polar surface area (TPSA) is 53.4 Å². The van der Waals surface area contributed by atoms with Crippen LogP contribution in [0, 0.1) is 0 Å². The van der Waals surface area contributed by atoms with Crippen molar-refractivity contribution in [3.63, 3.8) is 0 Å². The number of hydrogen-bond acceptors (Lipinski definition) is 4. The molecule has 0 unspecified atom stereocenters. The minimum atomic E-state index is -0.0750. The third kappa shape index (κ3) is 3.19. The Morgan fingerprint density at radius 2 is 2.25 bits per heavy atom. The average Bonchev–Trinajstić information content (AvgIpc) is 2.83. The molecule has 1 atom stereocenters. The number of amides is 1. The lowest BCUT2D eigenvalue weighted by Gasteiger charge is -2.42. The van der Waals surface area contributed by atoms with E-state index in [1.54, 1.807) is 7.05 Å². The summed E-state index contributed by atoms with van der Waals surface area (Å²) in [5, 5.41) is 2.78. The van der Waals surface area contributed by atoms with Gasteiger partial charge < -0.3 is 9.88 Å². The highest BCUT2D eigenvalue weighted by Gasteiger charge is 2.33. The van der Waals surface area contributed by atoms with Crippen molar-refractivity contribution in [2.75, 3.05) is 26.7 Å². The number of carbonyl (C=O) groups is 1. The first kappa shape index (κ1) is 15.0. The number of nitrogens with one attached hydrogen (secondary N) is 1. The normalized spacial score (nSPS) is 21.4. The first-order valence-corrected chi connectivity index (χ1v) is 7.18. The largest absolute Gasteiger partial charge is 0.358 e. The van der Waals surface area contributed by atoms with Gasteiger partial charge in [-0.25, -0.2) is 4.98 Å². The van der Waals surface area contributed by atoms with Gasteiger partial charge in [0.1, 0.15) is 11.9 Å². The number of aryl methyl sites for hydroxylation is 1. The molecule has 20 heavy (non-hydrogen) atoms. The Kier molecular flexibility index (Phi) is 4.77. The molecule has 6 heteroatoms. The lowest BCUT2D eigenvalue weighted by Crippen LogP contribution is -2.60. The second-order valence-electron chi connectivity index (χ2n) is 5.65. The van der Waals surface area contributed by atoms with E-state index in [2.05, 4.69) is 33.9 Å². The number of imidazole rings is 1. The van der Waals surface area contributed by atoms with Crippen LogP contribution in [-0.4, -0.2) is 64.0 Å².